The van der Waals surface area contributed by atoms with Crippen LogP contribution in [0.3, 0.4) is 0 Å². The van der Waals surface area contributed by atoms with E-state index in [-0.39, 0.29) is 12.5 Å². The Labute approximate surface area is 205 Å². The first kappa shape index (κ1) is 22.7. The van der Waals surface area contributed by atoms with Gasteiger partial charge >= 0.3 is 0 Å². The first-order valence-electron chi connectivity index (χ1n) is 10.9. The number of thioether (sulfide) groups is 1. The van der Waals surface area contributed by atoms with Crippen molar-refractivity contribution in [2.24, 2.45) is 0 Å². The van der Waals surface area contributed by atoms with Gasteiger partial charge in [0, 0.05) is 47.3 Å². The lowest BCUT2D eigenvalue weighted by Gasteiger charge is -2.28. The average molecular weight is 496 g/mol. The first-order valence-corrected chi connectivity index (χ1v) is 12.1. The quantitative estimate of drug-likeness (QED) is 0.495. The Hall–Kier alpha value is -3.07. The third kappa shape index (κ3) is 4.61. The zero-order chi connectivity index (χ0) is 23.7. The SMILES string of the molecule is O=C(CN1C(=O)S/C(=C\c2cn(Cc3ccc(Cl)cc3)c3ccccc23)C1=O)N1CCOCC1. The Morgan fingerprint density at radius 3 is 2.56 bits per heavy atom. The molecule has 0 aliphatic carbocycles. The van der Waals surface area contributed by atoms with Gasteiger partial charge < -0.3 is 14.2 Å². The highest BCUT2D eigenvalue weighted by atomic mass is 35.5. The predicted molar refractivity (Wildman–Crippen MR) is 133 cm³/mol. The number of imide groups is 1. The van der Waals surface area contributed by atoms with Crippen molar-refractivity contribution in [2.45, 2.75) is 6.54 Å². The molecule has 0 N–H and O–H groups in total. The smallest absolute Gasteiger partial charge is 0.294 e. The van der Waals surface area contributed by atoms with Crippen molar-refractivity contribution in [3.63, 3.8) is 0 Å². The van der Waals surface area contributed by atoms with E-state index in [1.807, 2.05) is 54.7 Å². The molecule has 0 radical (unpaired) electrons. The highest BCUT2D eigenvalue weighted by Gasteiger charge is 2.37. The van der Waals surface area contributed by atoms with Gasteiger partial charge in [-0.25, -0.2) is 0 Å². The van der Waals surface area contributed by atoms with Gasteiger partial charge in [-0.3, -0.25) is 19.3 Å². The van der Waals surface area contributed by atoms with Crippen LogP contribution in [0.15, 0.2) is 59.6 Å². The van der Waals surface area contributed by atoms with Crippen LogP contribution < -0.4 is 0 Å². The first-order chi connectivity index (χ1) is 16.5. The fourth-order valence-electron chi connectivity index (χ4n) is 4.13. The number of nitrogens with zero attached hydrogens (tertiary/aromatic N) is 3. The monoisotopic (exact) mass is 495 g/mol. The molecule has 0 atom stereocenters. The van der Waals surface area contributed by atoms with Gasteiger partial charge in [-0.15, -0.1) is 0 Å². The number of amides is 3. The molecule has 0 spiro atoms. The lowest BCUT2D eigenvalue weighted by molar-refractivity contribution is -0.139. The summed E-state index contributed by atoms with van der Waals surface area (Å²) in [4.78, 5) is 41.1. The molecule has 3 heterocycles. The number of benzene rings is 2. The molecule has 1 aromatic heterocycles. The fourth-order valence-corrected chi connectivity index (χ4v) is 5.09. The highest BCUT2D eigenvalue weighted by Crippen LogP contribution is 2.34. The van der Waals surface area contributed by atoms with Crippen molar-refractivity contribution < 1.29 is 19.1 Å². The Bertz CT molecular complexity index is 1300. The maximum absolute atomic E-state index is 13.0. The summed E-state index contributed by atoms with van der Waals surface area (Å²) in [6.07, 6.45) is 3.72. The number of rotatable bonds is 5. The number of carbonyl (C=O) groups excluding carboxylic acids is 3. The van der Waals surface area contributed by atoms with E-state index in [2.05, 4.69) is 4.57 Å². The molecule has 2 aromatic carbocycles. The topological polar surface area (TPSA) is 71.9 Å². The molecule has 2 aliphatic rings. The van der Waals surface area contributed by atoms with E-state index in [1.54, 1.807) is 11.0 Å². The Kier molecular flexibility index (Phi) is 6.45. The van der Waals surface area contributed by atoms with Crippen LogP contribution >= 0.6 is 23.4 Å². The van der Waals surface area contributed by atoms with Crippen LogP contribution in [0.25, 0.3) is 17.0 Å². The predicted octanol–water partition coefficient (Wildman–Crippen LogP) is 4.24. The molecule has 2 fully saturated rings. The molecule has 34 heavy (non-hydrogen) atoms. The Balaban J connectivity index is 1.39. The van der Waals surface area contributed by atoms with E-state index in [4.69, 9.17) is 16.3 Å². The van der Waals surface area contributed by atoms with E-state index in [0.717, 1.165) is 38.7 Å². The molecule has 2 aliphatic heterocycles. The molecule has 0 bridgehead atoms. The number of morpholine rings is 1. The number of halogens is 1. The lowest BCUT2D eigenvalue weighted by Crippen LogP contribution is -2.46. The van der Waals surface area contributed by atoms with Crippen molar-refractivity contribution >= 4 is 57.4 Å². The van der Waals surface area contributed by atoms with Crippen LogP contribution in [-0.2, 0) is 20.9 Å². The van der Waals surface area contributed by atoms with Crippen molar-refractivity contribution in [3.05, 3.63) is 75.8 Å². The van der Waals surface area contributed by atoms with Crippen molar-refractivity contribution in [1.82, 2.24) is 14.4 Å². The summed E-state index contributed by atoms with van der Waals surface area (Å²) in [5, 5.41) is 1.24. The fraction of sp³-hybridized carbons (Fsp3) is 0.240. The van der Waals surface area contributed by atoms with Crippen LogP contribution in [0.1, 0.15) is 11.1 Å². The van der Waals surface area contributed by atoms with Gasteiger partial charge in [0.15, 0.2) is 0 Å². The number of aromatic nitrogens is 1. The van der Waals surface area contributed by atoms with Crippen molar-refractivity contribution in [1.29, 1.82) is 0 Å². The van der Waals surface area contributed by atoms with Crippen LogP contribution in [0.5, 0.6) is 0 Å². The summed E-state index contributed by atoms with van der Waals surface area (Å²) in [5.74, 6) is -0.683. The van der Waals surface area contributed by atoms with E-state index in [1.165, 1.54) is 0 Å². The number of hydrogen-bond acceptors (Lipinski definition) is 5. The van der Waals surface area contributed by atoms with Gasteiger partial charge in [-0.1, -0.05) is 41.9 Å². The third-order valence-corrected chi connectivity index (χ3v) is 7.06. The largest absolute Gasteiger partial charge is 0.378 e. The molecular weight excluding hydrogens is 474 g/mol. The number of para-hydroxylation sites is 1. The highest BCUT2D eigenvalue weighted by molar-refractivity contribution is 8.18. The molecule has 174 valence electrons. The van der Waals surface area contributed by atoms with E-state index in [9.17, 15) is 14.4 Å². The molecule has 0 unspecified atom stereocenters. The van der Waals surface area contributed by atoms with Gasteiger partial charge in [0.2, 0.25) is 5.91 Å². The van der Waals surface area contributed by atoms with Gasteiger partial charge in [0.1, 0.15) is 6.54 Å². The summed E-state index contributed by atoms with van der Waals surface area (Å²) in [6.45, 7) is 2.26. The van der Waals surface area contributed by atoms with Crippen LogP contribution in [-0.4, -0.2) is 64.3 Å². The average Bonchev–Trinajstić information content (AvgIpc) is 3.33. The molecule has 7 nitrogen and oxygen atoms in total. The number of hydrogen-bond donors (Lipinski definition) is 0. The molecular formula is C25H22ClN3O4S. The van der Waals surface area contributed by atoms with E-state index >= 15 is 0 Å². The molecule has 9 heteroatoms. The van der Waals surface area contributed by atoms with Crippen molar-refractivity contribution in [2.75, 3.05) is 32.8 Å². The third-order valence-electron chi connectivity index (χ3n) is 5.90. The summed E-state index contributed by atoms with van der Waals surface area (Å²) >= 11 is 6.88. The molecule has 3 amide bonds. The standard InChI is InChI=1S/C25H22ClN3O4S/c26-19-7-5-17(6-8-19)14-28-15-18(20-3-1-2-4-21(20)28)13-22-24(31)29(25(32)34-22)16-23(30)27-9-11-33-12-10-27/h1-8,13,15H,9-12,14,16H2/b22-13-. The van der Waals surface area contributed by atoms with Gasteiger partial charge in [0.25, 0.3) is 11.1 Å². The van der Waals surface area contributed by atoms with E-state index < -0.39 is 11.1 Å². The summed E-state index contributed by atoms with van der Waals surface area (Å²) in [6, 6.07) is 15.6. The summed E-state index contributed by atoms with van der Waals surface area (Å²) in [7, 11) is 0. The number of carbonyl (C=O) groups is 3. The molecule has 2 saturated heterocycles. The second-order valence-electron chi connectivity index (χ2n) is 8.12. The summed E-state index contributed by atoms with van der Waals surface area (Å²) in [5.41, 5.74) is 2.96. The lowest BCUT2D eigenvalue weighted by atomic mass is 10.1. The Morgan fingerprint density at radius 1 is 1.06 bits per heavy atom. The van der Waals surface area contributed by atoms with Crippen molar-refractivity contribution in [3.8, 4) is 0 Å². The second-order valence-corrected chi connectivity index (χ2v) is 9.55. The summed E-state index contributed by atoms with van der Waals surface area (Å²) < 4.78 is 7.37. The zero-order valence-electron chi connectivity index (χ0n) is 18.3. The number of fused-ring (bicyclic) bond motifs is 1. The second kappa shape index (κ2) is 9.66. The Morgan fingerprint density at radius 2 is 1.79 bits per heavy atom. The zero-order valence-corrected chi connectivity index (χ0v) is 19.8. The normalized spacial score (nSPS) is 17.9. The minimum atomic E-state index is -0.439. The van der Waals surface area contributed by atoms with Crippen LogP contribution in [0.4, 0.5) is 4.79 Å². The number of ether oxygens (including phenoxy) is 1. The molecule has 5 rings (SSSR count). The maximum Gasteiger partial charge on any atom is 0.294 e. The minimum absolute atomic E-state index is 0.244. The maximum atomic E-state index is 13.0. The van der Waals surface area contributed by atoms with Gasteiger partial charge in [0.05, 0.1) is 18.1 Å². The van der Waals surface area contributed by atoms with Crippen LogP contribution in [0, 0.1) is 0 Å². The molecule has 0 saturated carbocycles. The minimum Gasteiger partial charge on any atom is -0.378 e. The van der Waals surface area contributed by atoms with Crippen LogP contribution in [0.2, 0.25) is 5.02 Å². The molecule has 3 aromatic rings. The van der Waals surface area contributed by atoms with E-state index in [0.29, 0.717) is 42.8 Å². The van der Waals surface area contributed by atoms with Gasteiger partial charge in [-0.05, 0) is 41.6 Å². The van der Waals surface area contributed by atoms with Gasteiger partial charge in [-0.2, -0.15) is 0 Å².